The first-order valence-corrected chi connectivity index (χ1v) is 8.78. The van der Waals surface area contributed by atoms with Crippen LogP contribution in [-0.2, 0) is 6.42 Å². The molecule has 2 aromatic heterocycles. The molecule has 0 bridgehead atoms. The Balaban J connectivity index is 1.40. The van der Waals surface area contributed by atoms with Crippen molar-refractivity contribution in [2.75, 3.05) is 11.9 Å². The monoisotopic (exact) mass is 366 g/mol. The quantitative estimate of drug-likeness (QED) is 0.691. The van der Waals surface area contributed by atoms with Gasteiger partial charge in [0.1, 0.15) is 5.01 Å². The molecule has 130 valence electrons. The molecule has 4 rings (SSSR count). The van der Waals surface area contributed by atoms with E-state index in [1.165, 1.54) is 16.2 Å². The Labute approximate surface area is 152 Å². The average Bonchev–Trinajstić information content (AvgIpc) is 3.19. The van der Waals surface area contributed by atoms with Gasteiger partial charge >= 0.3 is 0 Å². The van der Waals surface area contributed by atoms with Gasteiger partial charge in [-0.1, -0.05) is 23.5 Å². The molecule has 8 nitrogen and oxygen atoms in total. The Kier molecular flexibility index (Phi) is 4.13. The van der Waals surface area contributed by atoms with Crippen molar-refractivity contribution in [3.05, 3.63) is 58.2 Å². The van der Waals surface area contributed by atoms with E-state index >= 15 is 0 Å². The Morgan fingerprint density at radius 3 is 2.35 bits per heavy atom. The van der Waals surface area contributed by atoms with E-state index in [9.17, 15) is 9.59 Å². The van der Waals surface area contributed by atoms with Crippen molar-refractivity contribution in [3.63, 3.8) is 0 Å². The molecule has 0 saturated heterocycles. The lowest BCUT2D eigenvalue weighted by Gasteiger charge is -2.12. The minimum absolute atomic E-state index is 0.261. The average molecular weight is 366 g/mol. The predicted octanol–water partition coefficient (Wildman–Crippen LogP) is 2.22. The van der Waals surface area contributed by atoms with E-state index in [2.05, 4.69) is 25.7 Å². The van der Waals surface area contributed by atoms with Gasteiger partial charge in [-0.3, -0.25) is 14.5 Å². The van der Waals surface area contributed by atoms with Gasteiger partial charge in [0.15, 0.2) is 5.82 Å². The number of nitrogens with one attached hydrogen (secondary N) is 1. The summed E-state index contributed by atoms with van der Waals surface area (Å²) < 4.78 is 0. The summed E-state index contributed by atoms with van der Waals surface area (Å²) in [4.78, 5) is 25.9. The molecule has 9 heteroatoms. The van der Waals surface area contributed by atoms with Crippen LogP contribution >= 0.6 is 11.3 Å². The maximum atomic E-state index is 12.3. The number of aromatic nitrogens is 4. The number of benzene rings is 1. The van der Waals surface area contributed by atoms with Crippen molar-refractivity contribution < 1.29 is 9.59 Å². The van der Waals surface area contributed by atoms with Crippen LogP contribution in [0.5, 0.6) is 0 Å². The standard InChI is InChI=1S/C17H14N6O2S/c1-10-6-7-13(20-19-10)18-17-22-21-14(26-17)8-9-23-15(24)11-4-2-3-5-12(11)16(23)25/h2-7H,8-9H2,1H3,(H,18,20,22). The second-order valence-electron chi connectivity index (χ2n) is 5.74. The highest BCUT2D eigenvalue weighted by Gasteiger charge is 2.34. The lowest BCUT2D eigenvalue weighted by atomic mass is 10.1. The maximum absolute atomic E-state index is 12.3. The van der Waals surface area contributed by atoms with Crippen LogP contribution in [0, 0.1) is 6.92 Å². The Bertz CT molecular complexity index is 950. The van der Waals surface area contributed by atoms with E-state index in [-0.39, 0.29) is 18.4 Å². The molecule has 0 aliphatic carbocycles. The molecule has 0 fully saturated rings. The van der Waals surface area contributed by atoms with Gasteiger partial charge in [0.05, 0.1) is 16.8 Å². The molecular formula is C17H14N6O2S. The molecule has 0 saturated carbocycles. The van der Waals surface area contributed by atoms with Crippen LogP contribution in [0.2, 0.25) is 0 Å². The zero-order valence-electron chi connectivity index (χ0n) is 13.8. The lowest BCUT2D eigenvalue weighted by molar-refractivity contribution is 0.0656. The molecule has 1 N–H and O–H groups in total. The molecule has 3 heterocycles. The van der Waals surface area contributed by atoms with E-state index in [4.69, 9.17) is 0 Å². The van der Waals surface area contributed by atoms with Crippen molar-refractivity contribution >= 4 is 34.1 Å². The molecule has 1 aromatic carbocycles. The van der Waals surface area contributed by atoms with Crippen molar-refractivity contribution in [1.29, 1.82) is 0 Å². The fraction of sp³-hybridized carbons (Fsp3) is 0.176. The highest BCUT2D eigenvalue weighted by molar-refractivity contribution is 7.15. The smallest absolute Gasteiger partial charge is 0.261 e. The van der Waals surface area contributed by atoms with Gasteiger partial charge in [-0.2, -0.15) is 5.10 Å². The van der Waals surface area contributed by atoms with Gasteiger partial charge in [-0.05, 0) is 31.2 Å². The fourth-order valence-electron chi connectivity index (χ4n) is 2.63. The third kappa shape index (κ3) is 3.04. The molecule has 0 atom stereocenters. The molecule has 0 unspecified atom stereocenters. The summed E-state index contributed by atoms with van der Waals surface area (Å²) in [5.74, 6) is 0.0606. The van der Waals surface area contributed by atoms with Crippen LogP contribution in [0.1, 0.15) is 31.4 Å². The van der Waals surface area contributed by atoms with E-state index < -0.39 is 0 Å². The third-order valence-electron chi connectivity index (χ3n) is 3.93. The molecular weight excluding hydrogens is 352 g/mol. The lowest BCUT2D eigenvalue weighted by Crippen LogP contribution is -2.31. The molecule has 26 heavy (non-hydrogen) atoms. The van der Waals surface area contributed by atoms with Crippen molar-refractivity contribution in [3.8, 4) is 0 Å². The first-order valence-electron chi connectivity index (χ1n) is 7.97. The summed E-state index contributed by atoms with van der Waals surface area (Å²) in [6.45, 7) is 2.13. The van der Waals surface area contributed by atoms with E-state index in [0.29, 0.717) is 28.5 Å². The maximum Gasteiger partial charge on any atom is 0.261 e. The van der Waals surface area contributed by atoms with Gasteiger partial charge < -0.3 is 5.32 Å². The highest BCUT2D eigenvalue weighted by atomic mass is 32.1. The SMILES string of the molecule is Cc1ccc(Nc2nnc(CCN3C(=O)c4ccccc4C3=O)s2)nn1. The van der Waals surface area contributed by atoms with Crippen LogP contribution in [0.25, 0.3) is 0 Å². The predicted molar refractivity (Wildman–Crippen MR) is 95.5 cm³/mol. The number of nitrogens with zero attached hydrogens (tertiary/aromatic N) is 5. The van der Waals surface area contributed by atoms with Gasteiger partial charge in [0, 0.05) is 13.0 Å². The molecule has 0 spiro atoms. The van der Waals surface area contributed by atoms with Gasteiger partial charge in [-0.25, -0.2) is 0 Å². The van der Waals surface area contributed by atoms with Gasteiger partial charge in [-0.15, -0.1) is 15.3 Å². The highest BCUT2D eigenvalue weighted by Crippen LogP contribution is 2.24. The van der Waals surface area contributed by atoms with Gasteiger partial charge in [0.25, 0.3) is 11.8 Å². The second kappa shape index (κ2) is 6.60. The van der Waals surface area contributed by atoms with E-state index in [1.54, 1.807) is 24.3 Å². The third-order valence-corrected chi connectivity index (χ3v) is 4.83. The van der Waals surface area contributed by atoms with Gasteiger partial charge in [0.2, 0.25) is 5.13 Å². The summed E-state index contributed by atoms with van der Waals surface area (Å²) in [5.41, 5.74) is 1.74. The number of aryl methyl sites for hydroxylation is 1. The molecule has 1 aliphatic rings. The summed E-state index contributed by atoms with van der Waals surface area (Å²) in [6, 6.07) is 10.5. The first-order chi connectivity index (χ1) is 12.6. The van der Waals surface area contributed by atoms with Crippen molar-refractivity contribution in [2.24, 2.45) is 0 Å². The Hall–Kier alpha value is -3.20. The molecule has 1 aliphatic heterocycles. The van der Waals surface area contributed by atoms with Crippen LogP contribution in [-0.4, -0.2) is 43.7 Å². The minimum Gasteiger partial charge on any atom is -0.313 e. The molecule has 2 amide bonds. The van der Waals surface area contributed by atoms with Crippen LogP contribution in [0.3, 0.4) is 0 Å². The summed E-state index contributed by atoms with van der Waals surface area (Å²) >= 11 is 1.35. The minimum atomic E-state index is -0.261. The summed E-state index contributed by atoms with van der Waals surface area (Å²) in [5, 5.41) is 20.5. The number of imide groups is 1. The number of amides is 2. The Morgan fingerprint density at radius 1 is 0.962 bits per heavy atom. The number of carbonyl (C=O) groups excluding carboxylic acids is 2. The number of fused-ring (bicyclic) bond motifs is 1. The second-order valence-corrected chi connectivity index (χ2v) is 6.81. The normalized spacial score (nSPS) is 13.2. The number of hydrogen-bond donors (Lipinski definition) is 1. The largest absolute Gasteiger partial charge is 0.313 e. The zero-order valence-corrected chi connectivity index (χ0v) is 14.7. The summed E-state index contributed by atoms with van der Waals surface area (Å²) in [6.07, 6.45) is 0.449. The molecule has 0 radical (unpaired) electrons. The van der Waals surface area contributed by atoms with Crippen molar-refractivity contribution in [2.45, 2.75) is 13.3 Å². The van der Waals surface area contributed by atoms with Crippen LogP contribution < -0.4 is 5.32 Å². The molecule has 3 aromatic rings. The number of rotatable bonds is 5. The van der Waals surface area contributed by atoms with Crippen LogP contribution in [0.4, 0.5) is 10.9 Å². The van der Waals surface area contributed by atoms with E-state index in [0.717, 1.165) is 10.7 Å². The van der Waals surface area contributed by atoms with E-state index in [1.807, 2.05) is 19.1 Å². The summed E-state index contributed by atoms with van der Waals surface area (Å²) in [7, 11) is 0. The number of carbonyl (C=O) groups is 2. The number of hydrogen-bond acceptors (Lipinski definition) is 8. The fourth-order valence-corrected chi connectivity index (χ4v) is 3.37. The zero-order chi connectivity index (χ0) is 18.1. The Morgan fingerprint density at radius 2 is 1.69 bits per heavy atom. The first kappa shape index (κ1) is 16.3. The van der Waals surface area contributed by atoms with Crippen LogP contribution in [0.15, 0.2) is 36.4 Å². The topological polar surface area (TPSA) is 101 Å². The number of anilines is 2. The van der Waals surface area contributed by atoms with Crippen molar-refractivity contribution in [1.82, 2.24) is 25.3 Å².